The molecule has 1 fully saturated rings. The van der Waals surface area contributed by atoms with Crippen LogP contribution in [-0.2, 0) is 0 Å². The van der Waals surface area contributed by atoms with E-state index in [2.05, 4.69) is 22.2 Å². The van der Waals surface area contributed by atoms with Crippen molar-refractivity contribution in [1.29, 1.82) is 0 Å². The normalized spacial score (nSPS) is 21.4. The molecule has 1 unspecified atom stereocenters. The van der Waals surface area contributed by atoms with Gasteiger partial charge < -0.3 is 0 Å². The van der Waals surface area contributed by atoms with Gasteiger partial charge in [-0.15, -0.1) is 11.3 Å². The average Bonchev–Trinajstić information content (AvgIpc) is 2.77. The predicted octanol–water partition coefficient (Wildman–Crippen LogP) is 2.30. The molecule has 1 atom stereocenters. The van der Waals surface area contributed by atoms with Crippen molar-refractivity contribution in [2.24, 2.45) is 0 Å². The van der Waals surface area contributed by atoms with Crippen LogP contribution in [0.15, 0.2) is 11.6 Å². The van der Waals surface area contributed by atoms with Crippen molar-refractivity contribution in [3.05, 3.63) is 16.6 Å². The van der Waals surface area contributed by atoms with Gasteiger partial charge in [0.05, 0.1) is 6.04 Å². The monoisotopic (exact) mass is 182 g/mol. The molecule has 0 N–H and O–H groups in total. The van der Waals surface area contributed by atoms with Crippen LogP contribution in [0.1, 0.15) is 30.8 Å². The first-order valence-electron chi connectivity index (χ1n) is 4.51. The minimum absolute atomic E-state index is 0.535. The third kappa shape index (κ3) is 1.52. The summed E-state index contributed by atoms with van der Waals surface area (Å²) in [5.41, 5.74) is 0. The van der Waals surface area contributed by atoms with Gasteiger partial charge in [0.15, 0.2) is 0 Å². The Morgan fingerprint density at radius 2 is 2.25 bits per heavy atom. The maximum atomic E-state index is 4.34. The number of hydrogen-bond acceptors (Lipinski definition) is 3. The molecule has 2 heterocycles. The van der Waals surface area contributed by atoms with Crippen molar-refractivity contribution >= 4 is 11.3 Å². The Balaban J connectivity index is 2.04. The molecule has 0 amide bonds. The molecule has 3 heteroatoms. The maximum Gasteiger partial charge on any atom is 0.109 e. The number of likely N-dealkylation sites (tertiary alicyclic amines) is 1. The Morgan fingerprint density at radius 3 is 2.83 bits per heavy atom. The van der Waals surface area contributed by atoms with E-state index in [1.54, 1.807) is 11.3 Å². The largest absolute Gasteiger partial charge is 0.294 e. The Kier molecular flexibility index (Phi) is 2.42. The van der Waals surface area contributed by atoms with Gasteiger partial charge in [0.2, 0.25) is 0 Å². The van der Waals surface area contributed by atoms with E-state index in [0.717, 1.165) is 0 Å². The number of nitrogens with zero attached hydrogens (tertiary/aromatic N) is 2. The van der Waals surface area contributed by atoms with Crippen LogP contribution in [-0.4, -0.2) is 23.0 Å². The van der Waals surface area contributed by atoms with Gasteiger partial charge in [0, 0.05) is 11.6 Å². The highest BCUT2D eigenvalue weighted by atomic mass is 32.1. The zero-order valence-corrected chi connectivity index (χ0v) is 8.18. The second-order valence-electron chi connectivity index (χ2n) is 3.29. The van der Waals surface area contributed by atoms with Gasteiger partial charge in [-0.25, -0.2) is 4.98 Å². The van der Waals surface area contributed by atoms with Crippen molar-refractivity contribution < 1.29 is 0 Å². The molecule has 0 bridgehead atoms. The van der Waals surface area contributed by atoms with Crippen molar-refractivity contribution in [2.45, 2.75) is 25.8 Å². The quantitative estimate of drug-likeness (QED) is 0.697. The SMILES string of the molecule is CC(c1nccs1)N1CCCC1. The zero-order valence-electron chi connectivity index (χ0n) is 7.36. The lowest BCUT2D eigenvalue weighted by atomic mass is 10.3. The Bertz CT molecular complexity index is 227. The molecular weight excluding hydrogens is 168 g/mol. The molecule has 66 valence electrons. The molecule has 2 rings (SSSR count). The maximum absolute atomic E-state index is 4.34. The average molecular weight is 182 g/mol. The van der Waals surface area contributed by atoms with Gasteiger partial charge >= 0.3 is 0 Å². The van der Waals surface area contributed by atoms with E-state index >= 15 is 0 Å². The summed E-state index contributed by atoms with van der Waals surface area (Å²) in [6.45, 7) is 4.76. The van der Waals surface area contributed by atoms with Crippen LogP contribution in [0.2, 0.25) is 0 Å². The van der Waals surface area contributed by atoms with Crippen LogP contribution in [0.3, 0.4) is 0 Å². The van der Waals surface area contributed by atoms with E-state index in [0.29, 0.717) is 6.04 Å². The molecule has 1 aliphatic heterocycles. The van der Waals surface area contributed by atoms with Gasteiger partial charge in [-0.1, -0.05) is 0 Å². The van der Waals surface area contributed by atoms with Gasteiger partial charge in [-0.3, -0.25) is 4.90 Å². The molecule has 0 saturated carbocycles. The molecule has 0 aromatic carbocycles. The lowest BCUT2D eigenvalue weighted by Crippen LogP contribution is -2.22. The molecule has 1 saturated heterocycles. The molecule has 0 spiro atoms. The third-order valence-corrected chi connectivity index (χ3v) is 3.44. The van der Waals surface area contributed by atoms with E-state index < -0.39 is 0 Å². The lowest BCUT2D eigenvalue weighted by Gasteiger charge is -2.21. The standard InChI is InChI=1S/C9H14N2S/c1-8(9-10-4-7-12-9)11-5-2-3-6-11/h4,7-8H,2-3,5-6H2,1H3. The summed E-state index contributed by atoms with van der Waals surface area (Å²) in [6.07, 6.45) is 4.61. The third-order valence-electron chi connectivity index (χ3n) is 2.50. The van der Waals surface area contributed by atoms with Crippen LogP contribution >= 0.6 is 11.3 Å². The molecule has 12 heavy (non-hydrogen) atoms. The van der Waals surface area contributed by atoms with Gasteiger partial charge in [0.25, 0.3) is 0 Å². The Hall–Kier alpha value is -0.410. The highest BCUT2D eigenvalue weighted by Crippen LogP contribution is 2.25. The van der Waals surface area contributed by atoms with Crippen LogP contribution in [0, 0.1) is 0 Å². The first kappa shape index (κ1) is 8.20. The Labute approximate surface area is 77.2 Å². The van der Waals surface area contributed by atoms with E-state index in [1.165, 1.54) is 30.9 Å². The summed E-state index contributed by atoms with van der Waals surface area (Å²) in [7, 11) is 0. The van der Waals surface area contributed by atoms with Crippen molar-refractivity contribution in [3.63, 3.8) is 0 Å². The molecule has 1 aromatic heterocycles. The minimum Gasteiger partial charge on any atom is -0.294 e. The summed E-state index contributed by atoms with van der Waals surface area (Å²) < 4.78 is 0. The molecular formula is C9H14N2S. The summed E-state index contributed by atoms with van der Waals surface area (Å²) in [5.74, 6) is 0. The smallest absolute Gasteiger partial charge is 0.109 e. The van der Waals surface area contributed by atoms with Crippen LogP contribution in [0.25, 0.3) is 0 Å². The van der Waals surface area contributed by atoms with Crippen LogP contribution < -0.4 is 0 Å². The van der Waals surface area contributed by atoms with Gasteiger partial charge in [0.1, 0.15) is 5.01 Å². The fourth-order valence-corrected chi connectivity index (χ4v) is 2.45. The highest BCUT2D eigenvalue weighted by molar-refractivity contribution is 7.09. The number of aromatic nitrogens is 1. The summed E-state index contributed by atoms with van der Waals surface area (Å²) in [6, 6.07) is 0.535. The van der Waals surface area contributed by atoms with E-state index in [9.17, 15) is 0 Å². The molecule has 2 nitrogen and oxygen atoms in total. The number of thiazole rings is 1. The summed E-state index contributed by atoms with van der Waals surface area (Å²) in [4.78, 5) is 6.85. The first-order valence-corrected chi connectivity index (χ1v) is 5.39. The highest BCUT2D eigenvalue weighted by Gasteiger charge is 2.20. The predicted molar refractivity (Wildman–Crippen MR) is 51.3 cm³/mol. The van der Waals surface area contributed by atoms with Crippen molar-refractivity contribution in [3.8, 4) is 0 Å². The van der Waals surface area contributed by atoms with Gasteiger partial charge in [-0.2, -0.15) is 0 Å². The van der Waals surface area contributed by atoms with E-state index in [1.807, 2.05) is 6.20 Å². The minimum atomic E-state index is 0.535. The molecule has 0 radical (unpaired) electrons. The second kappa shape index (κ2) is 3.54. The van der Waals surface area contributed by atoms with Crippen molar-refractivity contribution in [2.75, 3.05) is 13.1 Å². The molecule has 1 aromatic rings. The topological polar surface area (TPSA) is 16.1 Å². The fraction of sp³-hybridized carbons (Fsp3) is 0.667. The Morgan fingerprint density at radius 1 is 1.50 bits per heavy atom. The van der Waals surface area contributed by atoms with Crippen LogP contribution in [0.4, 0.5) is 0 Å². The first-order chi connectivity index (χ1) is 5.88. The number of hydrogen-bond donors (Lipinski definition) is 0. The molecule has 0 aliphatic carbocycles. The summed E-state index contributed by atoms with van der Waals surface area (Å²) in [5, 5.41) is 3.32. The van der Waals surface area contributed by atoms with Crippen LogP contribution in [0.5, 0.6) is 0 Å². The van der Waals surface area contributed by atoms with Gasteiger partial charge in [-0.05, 0) is 32.9 Å². The fourth-order valence-electron chi connectivity index (χ4n) is 1.73. The second-order valence-corrected chi connectivity index (χ2v) is 4.22. The van der Waals surface area contributed by atoms with E-state index in [-0.39, 0.29) is 0 Å². The van der Waals surface area contributed by atoms with E-state index in [4.69, 9.17) is 0 Å². The summed E-state index contributed by atoms with van der Waals surface area (Å²) >= 11 is 1.77. The zero-order chi connectivity index (χ0) is 8.39. The number of rotatable bonds is 2. The van der Waals surface area contributed by atoms with Crippen molar-refractivity contribution in [1.82, 2.24) is 9.88 Å². The lowest BCUT2D eigenvalue weighted by molar-refractivity contribution is 0.262. The molecule has 1 aliphatic rings.